The van der Waals surface area contributed by atoms with Gasteiger partial charge in [0.2, 0.25) is 0 Å². The molecule has 0 bridgehead atoms. The molecule has 1 heterocycles. The van der Waals surface area contributed by atoms with Gasteiger partial charge in [0.25, 0.3) is 5.79 Å². The first-order chi connectivity index (χ1) is 8.56. The van der Waals surface area contributed by atoms with Crippen LogP contribution in [-0.2, 0) is 20.1 Å². The number of benzene rings is 1. The number of nitrogens with zero attached hydrogens (tertiary/aromatic N) is 1. The number of phenols is 1. The number of phenolic OH excluding ortho intramolecular Hbond substituents is 1. The Labute approximate surface area is 105 Å². The SMILES string of the molecule is CCOC1(OCC)C(=O)N(N)c2ccc(O)cc21. The average Bonchev–Trinajstić information content (AvgIpc) is 2.54. The molecule has 1 aromatic rings. The van der Waals surface area contributed by atoms with Crippen LogP contribution in [0.15, 0.2) is 18.2 Å². The van der Waals surface area contributed by atoms with Crippen LogP contribution in [-0.4, -0.2) is 24.2 Å². The number of carbonyl (C=O) groups excluding carboxylic acids is 1. The van der Waals surface area contributed by atoms with E-state index in [1.807, 2.05) is 0 Å². The Morgan fingerprint density at radius 2 is 1.94 bits per heavy atom. The van der Waals surface area contributed by atoms with Gasteiger partial charge in [-0.2, -0.15) is 0 Å². The van der Waals surface area contributed by atoms with Gasteiger partial charge in [-0.05, 0) is 32.0 Å². The maximum atomic E-state index is 12.2. The van der Waals surface area contributed by atoms with Crippen molar-refractivity contribution in [3.63, 3.8) is 0 Å². The Balaban J connectivity index is 2.60. The van der Waals surface area contributed by atoms with E-state index in [4.69, 9.17) is 15.3 Å². The normalized spacial score (nSPS) is 17.1. The number of nitrogens with two attached hydrogens (primary N) is 1. The van der Waals surface area contributed by atoms with Gasteiger partial charge in [0.05, 0.1) is 11.3 Å². The first kappa shape index (κ1) is 12.8. The molecule has 1 aliphatic rings. The molecule has 3 N–H and O–H groups in total. The van der Waals surface area contributed by atoms with Crippen molar-refractivity contribution >= 4 is 11.6 Å². The molecule has 0 aliphatic carbocycles. The van der Waals surface area contributed by atoms with Crippen molar-refractivity contribution in [3.05, 3.63) is 23.8 Å². The van der Waals surface area contributed by atoms with Gasteiger partial charge in [0.15, 0.2) is 0 Å². The summed E-state index contributed by atoms with van der Waals surface area (Å²) in [5.41, 5.74) is 0.901. The van der Waals surface area contributed by atoms with Crippen molar-refractivity contribution in [2.45, 2.75) is 19.6 Å². The number of fused-ring (bicyclic) bond motifs is 1. The molecular weight excluding hydrogens is 236 g/mol. The molecule has 98 valence electrons. The van der Waals surface area contributed by atoms with Gasteiger partial charge < -0.3 is 14.6 Å². The molecule has 2 rings (SSSR count). The molecular formula is C12H16N2O4. The quantitative estimate of drug-likeness (QED) is 0.471. The van der Waals surface area contributed by atoms with Crippen LogP contribution in [0.3, 0.4) is 0 Å². The van der Waals surface area contributed by atoms with Crippen LogP contribution in [0.5, 0.6) is 5.75 Å². The van der Waals surface area contributed by atoms with Crippen LogP contribution < -0.4 is 10.9 Å². The molecule has 0 spiro atoms. The minimum Gasteiger partial charge on any atom is -0.508 e. The fourth-order valence-corrected chi connectivity index (χ4v) is 2.11. The van der Waals surface area contributed by atoms with Gasteiger partial charge in [0.1, 0.15) is 5.75 Å². The third-order valence-corrected chi connectivity index (χ3v) is 2.79. The van der Waals surface area contributed by atoms with Crippen molar-refractivity contribution in [2.75, 3.05) is 18.2 Å². The van der Waals surface area contributed by atoms with E-state index in [0.29, 0.717) is 11.3 Å². The summed E-state index contributed by atoms with van der Waals surface area (Å²) < 4.78 is 11.0. The fraction of sp³-hybridized carbons (Fsp3) is 0.417. The molecule has 1 amide bonds. The Morgan fingerprint density at radius 3 is 2.50 bits per heavy atom. The van der Waals surface area contributed by atoms with Crippen molar-refractivity contribution in [1.29, 1.82) is 0 Å². The smallest absolute Gasteiger partial charge is 0.306 e. The van der Waals surface area contributed by atoms with Crippen molar-refractivity contribution in [1.82, 2.24) is 0 Å². The van der Waals surface area contributed by atoms with E-state index in [-0.39, 0.29) is 19.0 Å². The molecule has 0 aromatic heterocycles. The third-order valence-electron chi connectivity index (χ3n) is 2.79. The number of hydrogen-bond donors (Lipinski definition) is 2. The van der Waals surface area contributed by atoms with Gasteiger partial charge in [0, 0.05) is 13.2 Å². The van der Waals surface area contributed by atoms with E-state index in [2.05, 4.69) is 0 Å². The number of amides is 1. The second-order valence-corrected chi connectivity index (χ2v) is 3.86. The highest BCUT2D eigenvalue weighted by atomic mass is 16.7. The highest BCUT2D eigenvalue weighted by Crippen LogP contribution is 2.43. The Hall–Kier alpha value is -1.63. The van der Waals surface area contributed by atoms with E-state index >= 15 is 0 Å². The van der Waals surface area contributed by atoms with Crippen LogP contribution in [0, 0.1) is 0 Å². The molecule has 6 heteroatoms. The lowest BCUT2D eigenvalue weighted by molar-refractivity contribution is -0.228. The van der Waals surface area contributed by atoms with Gasteiger partial charge in [-0.25, -0.2) is 10.9 Å². The molecule has 6 nitrogen and oxygen atoms in total. The van der Waals surface area contributed by atoms with E-state index in [9.17, 15) is 9.90 Å². The number of rotatable bonds is 4. The molecule has 0 saturated carbocycles. The zero-order valence-electron chi connectivity index (χ0n) is 10.3. The van der Waals surface area contributed by atoms with Gasteiger partial charge in [-0.1, -0.05) is 0 Å². The predicted molar refractivity (Wildman–Crippen MR) is 64.7 cm³/mol. The second kappa shape index (κ2) is 4.56. The van der Waals surface area contributed by atoms with Crippen LogP contribution in [0.2, 0.25) is 0 Å². The largest absolute Gasteiger partial charge is 0.508 e. The van der Waals surface area contributed by atoms with Crippen molar-refractivity contribution < 1.29 is 19.4 Å². The van der Waals surface area contributed by atoms with E-state index in [1.165, 1.54) is 12.1 Å². The van der Waals surface area contributed by atoms with E-state index < -0.39 is 11.7 Å². The lowest BCUT2D eigenvalue weighted by Crippen LogP contribution is -2.47. The molecule has 0 fully saturated rings. The molecule has 1 aromatic carbocycles. The summed E-state index contributed by atoms with van der Waals surface area (Å²) in [4.78, 5) is 12.2. The maximum Gasteiger partial charge on any atom is 0.306 e. The lowest BCUT2D eigenvalue weighted by atomic mass is 10.1. The number of ether oxygens (including phenoxy) is 2. The summed E-state index contributed by atoms with van der Waals surface area (Å²) in [5, 5.41) is 10.5. The second-order valence-electron chi connectivity index (χ2n) is 3.86. The van der Waals surface area contributed by atoms with Crippen molar-refractivity contribution in [3.8, 4) is 5.75 Å². The number of hydrogen-bond acceptors (Lipinski definition) is 5. The predicted octanol–water partition coefficient (Wildman–Crippen LogP) is 0.838. The highest BCUT2D eigenvalue weighted by Gasteiger charge is 2.53. The fourth-order valence-electron chi connectivity index (χ4n) is 2.11. The van der Waals surface area contributed by atoms with Gasteiger partial charge >= 0.3 is 5.91 Å². The minimum atomic E-state index is -1.55. The monoisotopic (exact) mass is 252 g/mol. The standard InChI is InChI=1S/C12H16N2O4/c1-3-17-12(18-4-2)9-7-8(15)5-6-10(9)14(13)11(12)16/h5-7,15H,3-4,13H2,1-2H3. The number of hydrazine groups is 1. The first-order valence-corrected chi connectivity index (χ1v) is 5.77. The summed E-state index contributed by atoms with van der Waals surface area (Å²) in [6.45, 7) is 4.09. The molecule has 1 aliphatic heterocycles. The average molecular weight is 252 g/mol. The first-order valence-electron chi connectivity index (χ1n) is 5.77. The summed E-state index contributed by atoms with van der Waals surface area (Å²) in [6, 6.07) is 4.45. The summed E-state index contributed by atoms with van der Waals surface area (Å²) in [7, 11) is 0. The lowest BCUT2D eigenvalue weighted by Gasteiger charge is -2.27. The molecule has 0 unspecified atom stereocenters. The Bertz CT molecular complexity index is 469. The number of aromatic hydroxyl groups is 1. The van der Waals surface area contributed by atoms with Crippen LogP contribution in [0.4, 0.5) is 5.69 Å². The summed E-state index contributed by atoms with van der Waals surface area (Å²) in [5.74, 6) is 3.70. The topological polar surface area (TPSA) is 85.0 Å². The van der Waals surface area contributed by atoms with E-state index in [1.54, 1.807) is 19.9 Å². The van der Waals surface area contributed by atoms with Crippen molar-refractivity contribution in [2.24, 2.45) is 5.84 Å². The van der Waals surface area contributed by atoms with E-state index in [0.717, 1.165) is 5.01 Å². The Kier molecular flexibility index (Phi) is 3.25. The molecule has 0 saturated heterocycles. The molecule has 0 atom stereocenters. The third kappa shape index (κ3) is 1.66. The highest BCUT2D eigenvalue weighted by molar-refractivity contribution is 6.05. The van der Waals surface area contributed by atoms with Crippen LogP contribution in [0.1, 0.15) is 19.4 Å². The Morgan fingerprint density at radius 1 is 1.33 bits per heavy atom. The van der Waals surface area contributed by atoms with Crippen LogP contribution >= 0.6 is 0 Å². The molecule has 0 radical (unpaired) electrons. The van der Waals surface area contributed by atoms with Gasteiger partial charge in [-0.3, -0.25) is 4.79 Å². The minimum absolute atomic E-state index is 0.0284. The summed E-state index contributed by atoms with van der Waals surface area (Å²) in [6.07, 6.45) is 0. The molecule has 18 heavy (non-hydrogen) atoms. The zero-order valence-corrected chi connectivity index (χ0v) is 10.3. The number of anilines is 1. The van der Waals surface area contributed by atoms with Gasteiger partial charge in [-0.15, -0.1) is 0 Å². The maximum absolute atomic E-state index is 12.2. The summed E-state index contributed by atoms with van der Waals surface area (Å²) >= 11 is 0. The van der Waals surface area contributed by atoms with Crippen LogP contribution in [0.25, 0.3) is 0 Å². The number of carbonyl (C=O) groups is 1. The zero-order chi connectivity index (χ0) is 13.3.